The lowest BCUT2D eigenvalue weighted by Gasteiger charge is -2.13. The Kier molecular flexibility index (Phi) is 4.31. The van der Waals surface area contributed by atoms with Crippen molar-refractivity contribution < 1.29 is 23.1 Å². The van der Waals surface area contributed by atoms with Crippen LogP contribution in [0.2, 0.25) is 0 Å². The number of sulfonamides is 1. The maximum Gasteiger partial charge on any atom is 0.344 e. The Balaban J connectivity index is 2.91. The first-order valence-corrected chi connectivity index (χ1v) is 6.61. The maximum atomic E-state index is 11.8. The van der Waals surface area contributed by atoms with Crippen LogP contribution in [0.1, 0.15) is 6.92 Å². The van der Waals surface area contributed by atoms with E-state index in [1.54, 1.807) is 0 Å². The fourth-order valence-corrected chi connectivity index (χ4v) is 2.06. The fraction of sp³-hybridized carbons (Fsp3) is 0.364. The molecule has 0 aliphatic carbocycles. The summed E-state index contributed by atoms with van der Waals surface area (Å²) in [5, 5.41) is 8.67. The van der Waals surface area contributed by atoms with Crippen LogP contribution in [0.5, 0.6) is 5.75 Å². The zero-order valence-corrected chi connectivity index (χ0v) is 11.1. The first kappa shape index (κ1) is 14.5. The van der Waals surface area contributed by atoms with E-state index in [9.17, 15) is 13.2 Å². The van der Waals surface area contributed by atoms with Gasteiger partial charge in [-0.05, 0) is 31.2 Å². The third-order valence-electron chi connectivity index (χ3n) is 2.26. The van der Waals surface area contributed by atoms with Crippen molar-refractivity contribution in [3.05, 3.63) is 24.3 Å². The Labute approximate surface area is 106 Å². The van der Waals surface area contributed by atoms with E-state index in [0.717, 1.165) is 4.31 Å². The van der Waals surface area contributed by atoms with Crippen molar-refractivity contribution in [2.75, 3.05) is 14.1 Å². The van der Waals surface area contributed by atoms with Gasteiger partial charge in [-0.1, -0.05) is 0 Å². The number of benzene rings is 1. The summed E-state index contributed by atoms with van der Waals surface area (Å²) in [6.45, 7) is 1.40. The van der Waals surface area contributed by atoms with E-state index in [4.69, 9.17) is 9.84 Å². The third kappa shape index (κ3) is 3.21. The highest BCUT2D eigenvalue weighted by molar-refractivity contribution is 7.89. The molecule has 0 saturated carbocycles. The molecule has 1 aromatic carbocycles. The monoisotopic (exact) mass is 273 g/mol. The number of carboxylic acids is 1. The maximum absolute atomic E-state index is 11.8. The molecule has 0 bridgehead atoms. The summed E-state index contributed by atoms with van der Waals surface area (Å²) in [4.78, 5) is 10.7. The Morgan fingerprint density at radius 2 is 1.78 bits per heavy atom. The molecule has 1 aromatic rings. The predicted octanol–water partition coefficient (Wildman–Crippen LogP) is 0.789. The highest BCUT2D eigenvalue weighted by Gasteiger charge is 2.17. The van der Waals surface area contributed by atoms with Crippen molar-refractivity contribution in [1.82, 2.24) is 4.31 Å². The molecule has 1 unspecified atom stereocenters. The van der Waals surface area contributed by atoms with Crippen LogP contribution in [-0.4, -0.2) is 44.0 Å². The molecule has 0 radical (unpaired) electrons. The van der Waals surface area contributed by atoms with Gasteiger partial charge in [0.25, 0.3) is 0 Å². The summed E-state index contributed by atoms with van der Waals surface area (Å²) in [5.41, 5.74) is 0. The van der Waals surface area contributed by atoms with Crippen LogP contribution >= 0.6 is 0 Å². The molecule has 7 heteroatoms. The van der Waals surface area contributed by atoms with Crippen molar-refractivity contribution in [3.63, 3.8) is 0 Å². The summed E-state index contributed by atoms with van der Waals surface area (Å²) in [7, 11) is -0.603. The van der Waals surface area contributed by atoms with Gasteiger partial charge >= 0.3 is 5.97 Å². The number of carbonyl (C=O) groups is 1. The van der Waals surface area contributed by atoms with Gasteiger partial charge in [0.2, 0.25) is 10.0 Å². The van der Waals surface area contributed by atoms with Gasteiger partial charge < -0.3 is 9.84 Å². The number of aliphatic carboxylic acids is 1. The fourth-order valence-electron chi connectivity index (χ4n) is 1.16. The number of nitrogens with zero attached hydrogens (tertiary/aromatic N) is 1. The molecule has 0 spiro atoms. The second-order valence-corrected chi connectivity index (χ2v) is 6.01. The minimum atomic E-state index is -3.48. The van der Waals surface area contributed by atoms with E-state index in [0.29, 0.717) is 5.75 Å². The zero-order chi connectivity index (χ0) is 13.9. The van der Waals surface area contributed by atoms with Gasteiger partial charge in [-0.2, -0.15) is 0 Å². The summed E-state index contributed by atoms with van der Waals surface area (Å²) in [6.07, 6.45) is -0.985. The number of rotatable bonds is 5. The first-order chi connectivity index (χ1) is 8.25. The Morgan fingerprint density at radius 3 is 2.17 bits per heavy atom. The smallest absolute Gasteiger partial charge is 0.344 e. The molecular formula is C11H15NO5S. The molecule has 0 heterocycles. The highest BCUT2D eigenvalue weighted by Crippen LogP contribution is 2.18. The van der Waals surface area contributed by atoms with Gasteiger partial charge in [0.15, 0.2) is 6.10 Å². The molecule has 0 aliphatic rings. The van der Waals surface area contributed by atoms with E-state index in [1.165, 1.54) is 45.3 Å². The summed E-state index contributed by atoms with van der Waals surface area (Å²) >= 11 is 0. The number of carboxylic acid groups (broad SMARTS) is 1. The Bertz CT molecular complexity index is 521. The molecule has 1 rings (SSSR count). The van der Waals surface area contributed by atoms with E-state index < -0.39 is 22.1 Å². The lowest BCUT2D eigenvalue weighted by atomic mass is 10.3. The van der Waals surface area contributed by atoms with E-state index in [-0.39, 0.29) is 4.90 Å². The van der Waals surface area contributed by atoms with Crippen molar-refractivity contribution >= 4 is 16.0 Å². The summed E-state index contributed by atoms with van der Waals surface area (Å²) < 4.78 is 29.7. The topological polar surface area (TPSA) is 83.9 Å². The molecule has 1 atom stereocenters. The van der Waals surface area contributed by atoms with Crippen LogP contribution in [0.15, 0.2) is 29.2 Å². The average Bonchev–Trinajstić information content (AvgIpc) is 2.29. The average molecular weight is 273 g/mol. The predicted molar refractivity (Wildman–Crippen MR) is 65.0 cm³/mol. The number of hydrogen-bond donors (Lipinski definition) is 1. The number of ether oxygens (including phenoxy) is 1. The van der Waals surface area contributed by atoms with Gasteiger partial charge in [0.1, 0.15) is 5.75 Å². The van der Waals surface area contributed by atoms with Crippen molar-refractivity contribution in [2.24, 2.45) is 0 Å². The van der Waals surface area contributed by atoms with E-state index in [2.05, 4.69) is 0 Å². The molecule has 18 heavy (non-hydrogen) atoms. The van der Waals surface area contributed by atoms with Crippen LogP contribution in [0, 0.1) is 0 Å². The molecule has 0 aromatic heterocycles. The van der Waals surface area contributed by atoms with Crippen LogP contribution < -0.4 is 4.74 Å². The minimum absolute atomic E-state index is 0.128. The Hall–Kier alpha value is -1.60. The minimum Gasteiger partial charge on any atom is -0.479 e. The van der Waals surface area contributed by atoms with Crippen LogP contribution in [0.4, 0.5) is 0 Å². The first-order valence-electron chi connectivity index (χ1n) is 5.17. The second kappa shape index (κ2) is 5.36. The second-order valence-electron chi connectivity index (χ2n) is 3.86. The largest absolute Gasteiger partial charge is 0.479 e. The SMILES string of the molecule is CC(Oc1ccc(S(=O)(=O)N(C)C)cc1)C(=O)O. The molecular weight excluding hydrogens is 258 g/mol. The molecule has 100 valence electrons. The molecule has 0 aliphatic heterocycles. The van der Waals surface area contributed by atoms with Crippen molar-refractivity contribution in [2.45, 2.75) is 17.9 Å². The quantitative estimate of drug-likeness (QED) is 0.857. The van der Waals surface area contributed by atoms with Crippen molar-refractivity contribution in [1.29, 1.82) is 0 Å². The standard InChI is InChI=1S/C11H15NO5S/c1-8(11(13)14)17-9-4-6-10(7-5-9)18(15,16)12(2)3/h4-8H,1-3H3,(H,13,14). The van der Waals surface area contributed by atoms with E-state index in [1.807, 2.05) is 0 Å². The van der Waals surface area contributed by atoms with Gasteiger partial charge in [-0.3, -0.25) is 0 Å². The van der Waals surface area contributed by atoms with E-state index >= 15 is 0 Å². The van der Waals surface area contributed by atoms with Crippen LogP contribution in [0.3, 0.4) is 0 Å². The van der Waals surface area contributed by atoms with Gasteiger partial charge in [0, 0.05) is 14.1 Å². The van der Waals surface area contributed by atoms with Crippen molar-refractivity contribution in [3.8, 4) is 5.75 Å². The molecule has 6 nitrogen and oxygen atoms in total. The lowest BCUT2D eigenvalue weighted by Crippen LogP contribution is -2.23. The molecule has 0 fully saturated rings. The third-order valence-corrected chi connectivity index (χ3v) is 4.09. The molecule has 0 amide bonds. The molecule has 0 saturated heterocycles. The summed E-state index contributed by atoms with van der Waals surface area (Å²) in [5.74, 6) is -0.775. The summed E-state index contributed by atoms with van der Waals surface area (Å²) in [6, 6.07) is 5.60. The van der Waals surface area contributed by atoms with Crippen LogP contribution in [-0.2, 0) is 14.8 Å². The zero-order valence-electron chi connectivity index (χ0n) is 10.3. The highest BCUT2D eigenvalue weighted by atomic mass is 32.2. The molecule has 1 N–H and O–H groups in total. The van der Waals surface area contributed by atoms with Gasteiger partial charge in [-0.15, -0.1) is 0 Å². The van der Waals surface area contributed by atoms with Gasteiger partial charge in [0.05, 0.1) is 4.90 Å². The lowest BCUT2D eigenvalue weighted by molar-refractivity contribution is -0.144. The number of hydrogen-bond acceptors (Lipinski definition) is 4. The Morgan fingerprint density at radius 1 is 1.28 bits per heavy atom. The van der Waals surface area contributed by atoms with Gasteiger partial charge in [-0.25, -0.2) is 17.5 Å². The van der Waals surface area contributed by atoms with Crippen LogP contribution in [0.25, 0.3) is 0 Å². The normalized spacial score (nSPS) is 13.3.